The Bertz CT molecular complexity index is 1030. The van der Waals surface area contributed by atoms with Crippen LogP contribution in [0.5, 0.6) is 17.2 Å². The first-order chi connectivity index (χ1) is 16.9. The maximum absolute atomic E-state index is 13.9. The van der Waals surface area contributed by atoms with E-state index in [9.17, 15) is 4.79 Å². The smallest absolute Gasteiger partial charge is 0.203 e. The van der Waals surface area contributed by atoms with E-state index in [1.54, 1.807) is 40.6 Å². The van der Waals surface area contributed by atoms with Crippen LogP contribution in [0.15, 0.2) is 30.3 Å². The van der Waals surface area contributed by atoms with Gasteiger partial charge < -0.3 is 23.8 Å². The molecule has 1 aliphatic carbocycles. The van der Waals surface area contributed by atoms with Crippen molar-refractivity contribution in [2.75, 3.05) is 40.4 Å². The number of hydrogen-bond acceptors (Lipinski definition) is 6. The fourth-order valence-electron chi connectivity index (χ4n) is 6.04. The van der Waals surface area contributed by atoms with E-state index in [-0.39, 0.29) is 23.7 Å². The van der Waals surface area contributed by atoms with Crippen LogP contribution in [0, 0.1) is 5.92 Å². The van der Waals surface area contributed by atoms with Crippen LogP contribution in [-0.2, 0) is 11.2 Å². The molecule has 2 aliphatic rings. The Kier molecular flexibility index (Phi) is 7.90. The van der Waals surface area contributed by atoms with Crippen molar-refractivity contribution in [2.24, 2.45) is 5.92 Å². The molecule has 190 valence electrons. The largest absolute Gasteiger partial charge is 0.493 e. The average Bonchev–Trinajstić information content (AvgIpc) is 2.91. The van der Waals surface area contributed by atoms with E-state index < -0.39 is 0 Å². The topological polar surface area (TPSA) is 57.2 Å². The molecule has 6 nitrogen and oxygen atoms in total. The molecule has 4 atom stereocenters. The third kappa shape index (κ3) is 4.86. The van der Waals surface area contributed by atoms with Crippen molar-refractivity contribution in [1.29, 1.82) is 0 Å². The molecular formula is C29H39NO5. The van der Waals surface area contributed by atoms with E-state index in [1.807, 2.05) is 0 Å². The molecular weight excluding hydrogens is 442 g/mol. The van der Waals surface area contributed by atoms with Gasteiger partial charge in [0.25, 0.3) is 0 Å². The molecule has 0 spiro atoms. The quantitative estimate of drug-likeness (QED) is 0.454. The van der Waals surface area contributed by atoms with Gasteiger partial charge in [-0.25, -0.2) is 0 Å². The Morgan fingerprint density at radius 3 is 2.29 bits per heavy atom. The molecule has 0 amide bonds. The Morgan fingerprint density at radius 2 is 1.69 bits per heavy atom. The van der Waals surface area contributed by atoms with Gasteiger partial charge in [0.1, 0.15) is 0 Å². The molecule has 1 aliphatic heterocycles. The molecule has 1 heterocycles. The number of anilines is 1. The van der Waals surface area contributed by atoms with E-state index in [0.717, 1.165) is 32.1 Å². The molecule has 35 heavy (non-hydrogen) atoms. The maximum atomic E-state index is 13.9. The summed E-state index contributed by atoms with van der Waals surface area (Å²) in [6.07, 6.45) is 6.06. The first kappa shape index (κ1) is 25.4. The monoisotopic (exact) mass is 481 g/mol. The van der Waals surface area contributed by atoms with Crippen molar-refractivity contribution in [3.05, 3.63) is 47.0 Å². The third-order valence-corrected chi connectivity index (χ3v) is 8.10. The van der Waals surface area contributed by atoms with Crippen molar-refractivity contribution < 1.29 is 23.7 Å². The third-order valence-electron chi connectivity index (χ3n) is 8.10. The fourth-order valence-corrected chi connectivity index (χ4v) is 6.04. The SMILES string of the molecule is CCC1CCc2cc(C3CC(OC)CCC3C(=O)c3cc(OC)c(OC)c(OC)c3)ccc2N1C. The minimum Gasteiger partial charge on any atom is -0.493 e. The number of methoxy groups -OCH3 is 4. The van der Waals surface area contributed by atoms with Crippen LogP contribution < -0.4 is 19.1 Å². The van der Waals surface area contributed by atoms with E-state index in [4.69, 9.17) is 18.9 Å². The second-order valence-electron chi connectivity index (χ2n) is 9.76. The van der Waals surface area contributed by atoms with Crippen LogP contribution in [0.3, 0.4) is 0 Å². The van der Waals surface area contributed by atoms with Gasteiger partial charge in [-0.3, -0.25) is 4.79 Å². The lowest BCUT2D eigenvalue weighted by molar-refractivity contribution is 0.0430. The van der Waals surface area contributed by atoms with E-state index in [2.05, 4.69) is 37.1 Å². The zero-order valence-electron chi connectivity index (χ0n) is 21.9. The fraction of sp³-hybridized carbons (Fsp3) is 0.552. The second-order valence-corrected chi connectivity index (χ2v) is 9.76. The number of nitrogens with zero attached hydrogens (tertiary/aromatic N) is 1. The van der Waals surface area contributed by atoms with E-state index in [0.29, 0.717) is 28.9 Å². The van der Waals surface area contributed by atoms with Crippen molar-refractivity contribution in [3.8, 4) is 17.2 Å². The highest BCUT2D eigenvalue weighted by atomic mass is 16.5. The number of carbonyl (C=O) groups is 1. The summed E-state index contributed by atoms with van der Waals surface area (Å²) in [6.45, 7) is 2.26. The van der Waals surface area contributed by atoms with Gasteiger partial charge in [0.2, 0.25) is 5.75 Å². The average molecular weight is 482 g/mol. The normalized spacial score (nSPS) is 24.0. The van der Waals surface area contributed by atoms with Crippen molar-refractivity contribution in [1.82, 2.24) is 0 Å². The molecule has 0 saturated heterocycles. The highest BCUT2D eigenvalue weighted by Gasteiger charge is 2.37. The summed E-state index contributed by atoms with van der Waals surface area (Å²) in [5.74, 6) is 1.58. The van der Waals surface area contributed by atoms with Crippen molar-refractivity contribution in [2.45, 2.75) is 63.5 Å². The predicted molar refractivity (Wildman–Crippen MR) is 139 cm³/mol. The number of rotatable bonds is 8. The van der Waals surface area contributed by atoms with Gasteiger partial charge in [0.15, 0.2) is 17.3 Å². The van der Waals surface area contributed by atoms with Crippen LogP contribution in [0.2, 0.25) is 0 Å². The molecule has 4 rings (SSSR count). The Hall–Kier alpha value is -2.73. The summed E-state index contributed by atoms with van der Waals surface area (Å²) < 4.78 is 22.2. The van der Waals surface area contributed by atoms with Crippen LogP contribution in [-0.4, -0.2) is 53.4 Å². The maximum Gasteiger partial charge on any atom is 0.203 e. The van der Waals surface area contributed by atoms with Crippen LogP contribution in [0.1, 0.15) is 66.4 Å². The van der Waals surface area contributed by atoms with E-state index in [1.165, 1.54) is 23.2 Å². The number of hydrogen-bond donors (Lipinski definition) is 0. The van der Waals surface area contributed by atoms with Crippen molar-refractivity contribution in [3.63, 3.8) is 0 Å². The minimum atomic E-state index is -0.132. The van der Waals surface area contributed by atoms with Gasteiger partial charge >= 0.3 is 0 Å². The Labute approximate surface area is 209 Å². The molecule has 4 unspecified atom stereocenters. The molecule has 2 aromatic carbocycles. The lowest BCUT2D eigenvalue weighted by Crippen LogP contribution is -2.36. The van der Waals surface area contributed by atoms with Crippen LogP contribution in [0.4, 0.5) is 5.69 Å². The summed E-state index contributed by atoms with van der Waals surface area (Å²) >= 11 is 0. The zero-order chi connectivity index (χ0) is 25.1. The minimum absolute atomic E-state index is 0.0970. The Balaban J connectivity index is 1.69. The molecule has 0 N–H and O–H groups in total. The zero-order valence-corrected chi connectivity index (χ0v) is 21.9. The predicted octanol–water partition coefficient (Wildman–Crippen LogP) is 5.66. The number of carbonyl (C=O) groups excluding carboxylic acids is 1. The van der Waals surface area contributed by atoms with Gasteiger partial charge in [-0.1, -0.05) is 19.1 Å². The number of fused-ring (bicyclic) bond motifs is 1. The van der Waals surface area contributed by atoms with Gasteiger partial charge in [0, 0.05) is 37.4 Å². The molecule has 0 radical (unpaired) electrons. The number of ketones is 1. The van der Waals surface area contributed by atoms with Gasteiger partial charge in [-0.2, -0.15) is 0 Å². The molecule has 6 heteroatoms. The summed E-state index contributed by atoms with van der Waals surface area (Å²) in [5, 5.41) is 0. The van der Waals surface area contributed by atoms with Crippen molar-refractivity contribution >= 4 is 11.5 Å². The van der Waals surface area contributed by atoms with Crippen LogP contribution >= 0.6 is 0 Å². The number of benzene rings is 2. The first-order valence-corrected chi connectivity index (χ1v) is 12.7. The summed E-state index contributed by atoms with van der Waals surface area (Å²) in [7, 11) is 8.69. The standard InChI is InChI=1S/C29H39NO5/c1-7-21-10-8-19-14-18(9-13-25(19)30(21)2)24-17-22(32-3)11-12-23(24)28(31)20-15-26(33-4)29(35-6)27(16-20)34-5/h9,13-16,21-24H,7-8,10-12,17H2,1-6H3. The summed E-state index contributed by atoms with van der Waals surface area (Å²) in [6, 6.07) is 11.0. The summed E-state index contributed by atoms with van der Waals surface area (Å²) in [4.78, 5) is 16.4. The molecule has 2 aromatic rings. The lowest BCUT2D eigenvalue weighted by Gasteiger charge is -2.38. The molecule has 1 saturated carbocycles. The highest BCUT2D eigenvalue weighted by Crippen LogP contribution is 2.45. The van der Waals surface area contributed by atoms with Gasteiger partial charge in [-0.05, 0) is 73.8 Å². The Morgan fingerprint density at radius 1 is 0.971 bits per heavy atom. The first-order valence-electron chi connectivity index (χ1n) is 12.7. The second kappa shape index (κ2) is 10.9. The number of aryl methyl sites for hydroxylation is 1. The number of Topliss-reactive ketones (excluding diaryl/α,β-unsaturated/α-hetero) is 1. The number of ether oxygens (including phenoxy) is 4. The molecule has 1 fully saturated rings. The van der Waals surface area contributed by atoms with Gasteiger partial charge in [-0.15, -0.1) is 0 Å². The highest BCUT2D eigenvalue weighted by molar-refractivity contribution is 5.99. The van der Waals surface area contributed by atoms with E-state index >= 15 is 0 Å². The van der Waals surface area contributed by atoms with Crippen LogP contribution in [0.25, 0.3) is 0 Å². The lowest BCUT2D eigenvalue weighted by atomic mass is 9.71. The molecule has 0 aromatic heterocycles. The summed E-state index contributed by atoms with van der Waals surface area (Å²) in [5.41, 5.74) is 4.53. The molecule has 0 bridgehead atoms. The van der Waals surface area contributed by atoms with Gasteiger partial charge in [0.05, 0.1) is 27.4 Å².